The van der Waals surface area contributed by atoms with Crippen molar-refractivity contribution in [2.24, 2.45) is 0 Å². The molecule has 1 N–H and O–H groups in total. The van der Waals surface area contributed by atoms with Gasteiger partial charge >= 0.3 is 5.69 Å². The Kier molecular flexibility index (Phi) is 4.99. The van der Waals surface area contributed by atoms with Crippen LogP contribution < -0.4 is 11.0 Å². The maximum absolute atomic E-state index is 12.5. The maximum Gasteiger partial charge on any atom is 0.350 e. The first-order valence-electron chi connectivity index (χ1n) is 8.72. The molecule has 140 valence electrons. The molecule has 7 heteroatoms. The lowest BCUT2D eigenvalue weighted by Gasteiger charge is -2.08. The highest BCUT2D eigenvalue weighted by Gasteiger charge is 2.09. The number of amides is 1. The van der Waals surface area contributed by atoms with Crippen molar-refractivity contribution in [3.63, 3.8) is 0 Å². The quantitative estimate of drug-likeness (QED) is 0.530. The number of aromatic nitrogens is 3. The number of carbonyl (C=O) groups excluding carboxylic acids is 1. The Balaban J connectivity index is 1.53. The Morgan fingerprint density at radius 1 is 1.07 bits per heavy atom. The second kappa shape index (κ2) is 7.74. The van der Waals surface area contributed by atoms with Crippen LogP contribution >= 0.6 is 11.8 Å². The minimum atomic E-state index is -0.195. The van der Waals surface area contributed by atoms with Gasteiger partial charge in [0, 0.05) is 22.3 Å². The molecule has 6 nitrogen and oxygen atoms in total. The fraction of sp³-hybridized carbons (Fsp3) is 0.0952. The molecule has 0 spiro atoms. The van der Waals surface area contributed by atoms with Crippen molar-refractivity contribution in [1.82, 2.24) is 14.2 Å². The van der Waals surface area contributed by atoms with Crippen LogP contribution in [0.3, 0.4) is 0 Å². The van der Waals surface area contributed by atoms with E-state index in [4.69, 9.17) is 0 Å². The van der Waals surface area contributed by atoms with E-state index in [1.165, 1.54) is 9.08 Å². The zero-order valence-corrected chi connectivity index (χ0v) is 16.0. The number of nitrogens with one attached hydrogen (secondary N) is 1. The topological polar surface area (TPSA) is 68.4 Å². The number of rotatable bonds is 5. The summed E-state index contributed by atoms with van der Waals surface area (Å²) in [6.07, 6.45) is 3.69. The predicted octanol–water partition coefficient (Wildman–Crippen LogP) is 3.52. The number of fused-ring (bicyclic) bond motifs is 1. The summed E-state index contributed by atoms with van der Waals surface area (Å²) in [6, 6.07) is 20.3. The number of pyridine rings is 1. The number of carbonyl (C=O) groups is 1. The highest BCUT2D eigenvalue weighted by Crippen LogP contribution is 2.17. The molecule has 0 bridgehead atoms. The van der Waals surface area contributed by atoms with Crippen molar-refractivity contribution in [2.45, 2.75) is 11.4 Å². The Labute approximate surface area is 165 Å². The molecule has 2 heterocycles. The molecule has 0 radical (unpaired) electrons. The third-order valence-electron chi connectivity index (χ3n) is 4.36. The van der Waals surface area contributed by atoms with Crippen molar-refractivity contribution in [3.8, 4) is 0 Å². The summed E-state index contributed by atoms with van der Waals surface area (Å²) in [5, 5.41) is 7.24. The first kappa shape index (κ1) is 18.1. The van der Waals surface area contributed by atoms with E-state index in [0.717, 1.165) is 10.5 Å². The molecule has 0 saturated heterocycles. The molecular formula is C21H18N4O2S. The van der Waals surface area contributed by atoms with Crippen LogP contribution in [-0.4, -0.2) is 26.3 Å². The van der Waals surface area contributed by atoms with Crippen LogP contribution in [0.5, 0.6) is 0 Å². The van der Waals surface area contributed by atoms with Gasteiger partial charge in [0.25, 0.3) is 5.91 Å². The molecule has 1 amide bonds. The van der Waals surface area contributed by atoms with Gasteiger partial charge in [-0.25, -0.2) is 9.48 Å². The molecule has 4 rings (SSSR count). The van der Waals surface area contributed by atoms with E-state index in [2.05, 4.69) is 10.4 Å². The zero-order chi connectivity index (χ0) is 19.5. The van der Waals surface area contributed by atoms with Crippen molar-refractivity contribution in [1.29, 1.82) is 0 Å². The second-order valence-electron chi connectivity index (χ2n) is 6.25. The fourth-order valence-corrected chi connectivity index (χ4v) is 3.35. The largest absolute Gasteiger partial charge is 0.350 e. The molecule has 0 aliphatic carbocycles. The van der Waals surface area contributed by atoms with Crippen LogP contribution in [0.2, 0.25) is 0 Å². The van der Waals surface area contributed by atoms with Gasteiger partial charge in [-0.15, -0.1) is 16.9 Å². The smallest absolute Gasteiger partial charge is 0.322 e. The average molecular weight is 390 g/mol. The van der Waals surface area contributed by atoms with E-state index in [-0.39, 0.29) is 11.6 Å². The highest BCUT2D eigenvalue weighted by atomic mass is 32.2. The lowest BCUT2D eigenvalue weighted by Crippen LogP contribution is -2.21. The summed E-state index contributed by atoms with van der Waals surface area (Å²) in [7, 11) is 0. The first-order valence-corrected chi connectivity index (χ1v) is 9.95. The Hall–Kier alpha value is -3.32. The lowest BCUT2D eigenvalue weighted by molar-refractivity contribution is 0.102. The average Bonchev–Trinajstić information content (AvgIpc) is 3.04. The fourth-order valence-electron chi connectivity index (χ4n) is 2.94. The summed E-state index contributed by atoms with van der Waals surface area (Å²) in [4.78, 5) is 26.0. The summed E-state index contributed by atoms with van der Waals surface area (Å²) in [5.41, 5.74) is 2.55. The molecular weight excluding hydrogens is 372 g/mol. The molecule has 28 heavy (non-hydrogen) atoms. The normalized spacial score (nSPS) is 10.9. The summed E-state index contributed by atoms with van der Waals surface area (Å²) < 4.78 is 2.92. The third-order valence-corrected chi connectivity index (χ3v) is 5.10. The van der Waals surface area contributed by atoms with Gasteiger partial charge in [0.05, 0.1) is 6.54 Å². The number of anilines is 1. The Morgan fingerprint density at radius 2 is 1.89 bits per heavy atom. The van der Waals surface area contributed by atoms with Gasteiger partial charge in [-0.3, -0.25) is 9.20 Å². The van der Waals surface area contributed by atoms with E-state index in [1.807, 2.05) is 48.7 Å². The van der Waals surface area contributed by atoms with Crippen molar-refractivity contribution in [2.75, 3.05) is 11.6 Å². The second-order valence-corrected chi connectivity index (χ2v) is 7.13. The molecule has 0 aliphatic rings. The van der Waals surface area contributed by atoms with E-state index >= 15 is 0 Å². The first-order chi connectivity index (χ1) is 13.6. The zero-order valence-electron chi connectivity index (χ0n) is 15.2. The lowest BCUT2D eigenvalue weighted by atomic mass is 10.1. The number of hydrogen-bond donors (Lipinski definition) is 1. The molecule has 0 unspecified atom stereocenters. The van der Waals surface area contributed by atoms with E-state index in [1.54, 1.807) is 42.2 Å². The van der Waals surface area contributed by atoms with Gasteiger partial charge in [-0.2, -0.15) is 0 Å². The van der Waals surface area contributed by atoms with Crippen LogP contribution in [0.4, 0.5) is 5.69 Å². The summed E-state index contributed by atoms with van der Waals surface area (Å²) in [6.45, 7) is 0.326. The number of benzene rings is 2. The molecule has 0 fully saturated rings. The van der Waals surface area contributed by atoms with Crippen LogP contribution in [0.25, 0.3) is 5.65 Å². The van der Waals surface area contributed by atoms with Crippen molar-refractivity contribution >= 4 is 29.0 Å². The molecule has 4 aromatic rings. The van der Waals surface area contributed by atoms with Crippen molar-refractivity contribution < 1.29 is 4.79 Å². The molecule has 0 aliphatic heterocycles. The maximum atomic E-state index is 12.5. The summed E-state index contributed by atoms with van der Waals surface area (Å²) in [5.74, 6) is -0.172. The Bertz CT molecular complexity index is 1190. The van der Waals surface area contributed by atoms with Gasteiger partial charge in [-0.05, 0) is 60.4 Å². The number of nitrogens with zero attached hydrogens (tertiary/aromatic N) is 3. The molecule has 2 aromatic heterocycles. The van der Waals surface area contributed by atoms with Crippen LogP contribution in [-0.2, 0) is 6.54 Å². The van der Waals surface area contributed by atoms with E-state index in [9.17, 15) is 9.59 Å². The predicted molar refractivity (Wildman–Crippen MR) is 111 cm³/mol. The van der Waals surface area contributed by atoms with Crippen LogP contribution in [0, 0.1) is 0 Å². The van der Waals surface area contributed by atoms with Gasteiger partial charge < -0.3 is 5.32 Å². The summed E-state index contributed by atoms with van der Waals surface area (Å²) >= 11 is 1.63. The van der Waals surface area contributed by atoms with Gasteiger partial charge in [0.15, 0.2) is 5.65 Å². The van der Waals surface area contributed by atoms with Gasteiger partial charge in [0.2, 0.25) is 0 Å². The molecule has 0 saturated carbocycles. The van der Waals surface area contributed by atoms with Gasteiger partial charge in [-0.1, -0.05) is 18.2 Å². The van der Waals surface area contributed by atoms with Crippen LogP contribution in [0.15, 0.2) is 82.6 Å². The van der Waals surface area contributed by atoms with E-state index in [0.29, 0.717) is 23.4 Å². The number of hydrogen-bond acceptors (Lipinski definition) is 4. The van der Waals surface area contributed by atoms with Crippen LogP contribution in [0.1, 0.15) is 15.9 Å². The van der Waals surface area contributed by atoms with Gasteiger partial charge in [0.1, 0.15) is 0 Å². The van der Waals surface area contributed by atoms with Crippen molar-refractivity contribution in [3.05, 3.63) is 94.5 Å². The third kappa shape index (κ3) is 3.70. The van der Waals surface area contributed by atoms with E-state index < -0.39 is 0 Å². The molecule has 0 atom stereocenters. The minimum absolute atomic E-state index is 0.172. The monoisotopic (exact) mass is 390 g/mol. The standard InChI is InChI=1S/C21H18N4O2S/c1-28-18-10-8-16(9-11-18)20(26)22-17-6-4-5-15(13-17)14-25-21(27)24-12-3-2-7-19(24)23-25/h2-13H,14H2,1H3,(H,22,26). The Morgan fingerprint density at radius 3 is 2.64 bits per heavy atom. The SMILES string of the molecule is CSc1ccc(C(=O)Nc2cccc(Cn3nc4ccccn4c3=O)c2)cc1. The number of thioether (sulfide) groups is 1. The highest BCUT2D eigenvalue weighted by molar-refractivity contribution is 7.98. The minimum Gasteiger partial charge on any atom is -0.322 e. The molecule has 2 aromatic carbocycles.